The Kier molecular flexibility index (Phi) is 4.38. The molecule has 1 aromatic carbocycles. The number of aromatic nitrogens is 2. The third-order valence-electron chi connectivity index (χ3n) is 4.93. The number of nitro groups is 1. The van der Waals surface area contributed by atoms with Crippen molar-refractivity contribution in [2.45, 2.75) is 32.1 Å². The lowest BCUT2D eigenvalue weighted by Gasteiger charge is -2.28. The van der Waals surface area contributed by atoms with Gasteiger partial charge in [-0.1, -0.05) is 38.1 Å². The summed E-state index contributed by atoms with van der Waals surface area (Å²) in [7, 11) is 0. The Bertz CT molecular complexity index is 751. The van der Waals surface area contributed by atoms with Gasteiger partial charge >= 0.3 is 0 Å². The lowest BCUT2D eigenvalue weighted by atomic mass is 9.76. The van der Waals surface area contributed by atoms with Gasteiger partial charge < -0.3 is 10.7 Å². The summed E-state index contributed by atoms with van der Waals surface area (Å²) in [4.78, 5) is 17.8. The zero-order chi connectivity index (χ0) is 17.3. The van der Waals surface area contributed by atoms with Crippen LogP contribution in [-0.4, -0.2) is 14.9 Å². The minimum Gasteiger partial charge on any atom is -0.369 e. The summed E-state index contributed by atoms with van der Waals surface area (Å²) in [5.41, 5.74) is 7.98. The van der Waals surface area contributed by atoms with Crippen molar-refractivity contribution in [1.29, 1.82) is 0 Å². The zero-order valence-corrected chi connectivity index (χ0v) is 13.8. The molecule has 0 bridgehead atoms. The number of imidazole rings is 1. The Hall–Kier alpha value is -2.63. The monoisotopic (exact) mass is 326 g/mol. The van der Waals surface area contributed by atoms with Crippen LogP contribution in [0.1, 0.15) is 43.4 Å². The van der Waals surface area contributed by atoms with Crippen molar-refractivity contribution >= 4 is 11.6 Å². The fourth-order valence-electron chi connectivity index (χ4n) is 3.68. The maximum atomic E-state index is 10.9. The van der Waals surface area contributed by atoms with Gasteiger partial charge in [0.15, 0.2) is 5.95 Å². The minimum absolute atomic E-state index is 0.114. The molecule has 0 spiro atoms. The number of hydrogen-bond donors (Lipinski definition) is 2. The van der Waals surface area contributed by atoms with E-state index in [4.69, 9.17) is 5.73 Å². The van der Waals surface area contributed by atoms with Crippen molar-refractivity contribution in [3.63, 3.8) is 0 Å². The minimum atomic E-state index is -0.372. The topological polar surface area (TPSA) is 97.8 Å². The number of allylic oxidation sites excluding steroid dienone is 2. The van der Waals surface area contributed by atoms with Gasteiger partial charge in [0.2, 0.25) is 0 Å². The number of hydrogen-bond acceptors (Lipinski definition) is 4. The highest BCUT2D eigenvalue weighted by molar-refractivity contribution is 5.36. The van der Waals surface area contributed by atoms with E-state index in [0.29, 0.717) is 17.8 Å². The molecule has 0 saturated heterocycles. The Morgan fingerprint density at radius 3 is 2.54 bits per heavy atom. The molecule has 1 heterocycles. The molecule has 0 saturated carbocycles. The first-order valence-electron chi connectivity index (χ1n) is 8.18. The molecule has 6 nitrogen and oxygen atoms in total. The number of aromatic amines is 1. The maximum Gasteiger partial charge on any atom is 0.269 e. The molecule has 2 aromatic rings. The Labute approximate surface area is 140 Å². The van der Waals surface area contributed by atoms with Crippen LogP contribution < -0.4 is 5.73 Å². The molecule has 24 heavy (non-hydrogen) atoms. The van der Waals surface area contributed by atoms with E-state index in [0.717, 1.165) is 17.7 Å². The van der Waals surface area contributed by atoms with E-state index >= 15 is 0 Å². The number of nitro benzene ring substituents is 1. The highest BCUT2D eigenvalue weighted by Crippen LogP contribution is 2.43. The third kappa shape index (κ3) is 3.18. The molecule has 0 fully saturated rings. The van der Waals surface area contributed by atoms with Crippen LogP contribution in [0.3, 0.4) is 0 Å². The summed E-state index contributed by atoms with van der Waals surface area (Å²) in [5.74, 6) is 1.76. The first-order valence-corrected chi connectivity index (χ1v) is 8.18. The molecule has 4 unspecified atom stereocenters. The van der Waals surface area contributed by atoms with Gasteiger partial charge in [0, 0.05) is 23.7 Å². The van der Waals surface area contributed by atoms with Gasteiger partial charge in [0.1, 0.15) is 0 Å². The zero-order valence-electron chi connectivity index (χ0n) is 13.8. The van der Waals surface area contributed by atoms with Gasteiger partial charge in [-0.25, -0.2) is 4.98 Å². The van der Waals surface area contributed by atoms with Crippen molar-refractivity contribution in [2.75, 3.05) is 5.73 Å². The number of non-ortho nitro benzene ring substituents is 1. The van der Waals surface area contributed by atoms with E-state index in [1.54, 1.807) is 18.3 Å². The average Bonchev–Trinajstić information content (AvgIpc) is 3.17. The average molecular weight is 326 g/mol. The van der Waals surface area contributed by atoms with E-state index < -0.39 is 0 Å². The van der Waals surface area contributed by atoms with Gasteiger partial charge in [0.05, 0.1) is 11.1 Å². The second-order valence-corrected chi connectivity index (χ2v) is 6.65. The number of nitrogens with two attached hydrogens (primary N) is 1. The number of H-pyrrole nitrogens is 1. The second-order valence-electron chi connectivity index (χ2n) is 6.65. The van der Waals surface area contributed by atoms with E-state index in [-0.39, 0.29) is 22.4 Å². The van der Waals surface area contributed by atoms with Crippen molar-refractivity contribution in [3.8, 4) is 0 Å². The highest BCUT2D eigenvalue weighted by atomic mass is 16.6. The quantitative estimate of drug-likeness (QED) is 0.493. The van der Waals surface area contributed by atoms with Gasteiger partial charge in [-0.15, -0.1) is 0 Å². The Morgan fingerprint density at radius 1 is 1.33 bits per heavy atom. The normalized spacial score (nSPS) is 22.4. The third-order valence-corrected chi connectivity index (χ3v) is 4.93. The lowest BCUT2D eigenvalue weighted by Crippen LogP contribution is -2.17. The standard InChI is InChI=1S/C18H22N4O2/c1-11-3-4-14(9-11)17(16-10-20-18(19)21-16)12(2)13-5-7-15(8-6-13)22(23)24/h3-8,10-12,14,17H,9H2,1-2H3,(H3,19,20,21). The molecule has 0 radical (unpaired) electrons. The first-order chi connectivity index (χ1) is 11.5. The Balaban J connectivity index is 1.92. The molecule has 4 atom stereocenters. The highest BCUT2D eigenvalue weighted by Gasteiger charge is 2.32. The molecule has 3 rings (SSSR count). The molecule has 1 aliphatic carbocycles. The first kappa shape index (κ1) is 16.2. The van der Waals surface area contributed by atoms with Crippen molar-refractivity contribution in [3.05, 3.63) is 64.0 Å². The van der Waals surface area contributed by atoms with E-state index in [1.165, 1.54) is 0 Å². The number of anilines is 1. The fourth-order valence-corrected chi connectivity index (χ4v) is 3.68. The van der Waals surface area contributed by atoms with Gasteiger partial charge in [-0.2, -0.15) is 0 Å². The fraction of sp³-hybridized carbons (Fsp3) is 0.389. The summed E-state index contributed by atoms with van der Waals surface area (Å²) in [6.07, 6.45) is 7.41. The van der Waals surface area contributed by atoms with Crippen molar-refractivity contribution in [1.82, 2.24) is 9.97 Å². The van der Waals surface area contributed by atoms with E-state index in [2.05, 4.69) is 36.0 Å². The lowest BCUT2D eigenvalue weighted by molar-refractivity contribution is -0.384. The summed E-state index contributed by atoms with van der Waals surface area (Å²) in [6.45, 7) is 4.37. The molecule has 0 aliphatic heterocycles. The van der Waals surface area contributed by atoms with Crippen LogP contribution >= 0.6 is 0 Å². The predicted molar refractivity (Wildman–Crippen MR) is 93.7 cm³/mol. The summed E-state index contributed by atoms with van der Waals surface area (Å²) < 4.78 is 0. The molecule has 0 amide bonds. The van der Waals surface area contributed by atoms with Crippen LogP contribution in [0.4, 0.5) is 11.6 Å². The molecule has 6 heteroatoms. The Morgan fingerprint density at radius 2 is 2.04 bits per heavy atom. The number of nitrogens with one attached hydrogen (secondary N) is 1. The number of nitrogen functional groups attached to an aromatic ring is 1. The molecule has 1 aromatic heterocycles. The largest absolute Gasteiger partial charge is 0.369 e. The smallest absolute Gasteiger partial charge is 0.269 e. The van der Waals surface area contributed by atoms with Crippen LogP contribution in [-0.2, 0) is 0 Å². The molecule has 3 N–H and O–H groups in total. The summed E-state index contributed by atoms with van der Waals surface area (Å²) >= 11 is 0. The summed E-state index contributed by atoms with van der Waals surface area (Å²) in [5, 5.41) is 10.9. The maximum absolute atomic E-state index is 10.9. The SMILES string of the molecule is CC1C=CC(C(c2cnc(N)[nH]2)C(C)c2ccc([N+](=O)[O-])cc2)C1. The molecule has 1 aliphatic rings. The van der Waals surface area contributed by atoms with Gasteiger partial charge in [-0.3, -0.25) is 10.1 Å². The molecular formula is C18H22N4O2. The van der Waals surface area contributed by atoms with Crippen LogP contribution in [0.2, 0.25) is 0 Å². The van der Waals surface area contributed by atoms with Crippen LogP contribution in [0, 0.1) is 22.0 Å². The van der Waals surface area contributed by atoms with Crippen LogP contribution in [0.5, 0.6) is 0 Å². The van der Waals surface area contributed by atoms with Gasteiger partial charge in [0.25, 0.3) is 5.69 Å². The van der Waals surface area contributed by atoms with E-state index in [9.17, 15) is 10.1 Å². The number of rotatable bonds is 5. The van der Waals surface area contributed by atoms with Crippen LogP contribution in [0.15, 0.2) is 42.6 Å². The number of nitrogens with zero attached hydrogens (tertiary/aromatic N) is 2. The molecular weight excluding hydrogens is 304 g/mol. The summed E-state index contributed by atoms with van der Waals surface area (Å²) in [6, 6.07) is 6.82. The van der Waals surface area contributed by atoms with Gasteiger partial charge in [-0.05, 0) is 29.7 Å². The van der Waals surface area contributed by atoms with E-state index in [1.807, 2.05) is 12.1 Å². The van der Waals surface area contributed by atoms with Crippen LogP contribution in [0.25, 0.3) is 0 Å². The second kappa shape index (κ2) is 6.47. The van der Waals surface area contributed by atoms with Crippen molar-refractivity contribution < 1.29 is 4.92 Å². The van der Waals surface area contributed by atoms with Crippen molar-refractivity contribution in [2.24, 2.45) is 11.8 Å². The number of benzene rings is 1. The molecule has 126 valence electrons. The predicted octanol–water partition coefficient (Wildman–Crippen LogP) is 4.00.